The van der Waals surface area contributed by atoms with E-state index in [0.29, 0.717) is 16.9 Å². The van der Waals surface area contributed by atoms with Gasteiger partial charge in [-0.05, 0) is 50.2 Å². The van der Waals surface area contributed by atoms with E-state index in [4.69, 9.17) is 0 Å². The van der Waals surface area contributed by atoms with Crippen molar-refractivity contribution < 1.29 is 9.59 Å². The van der Waals surface area contributed by atoms with Gasteiger partial charge < -0.3 is 15.2 Å². The van der Waals surface area contributed by atoms with Crippen molar-refractivity contribution in [2.24, 2.45) is 5.41 Å². The summed E-state index contributed by atoms with van der Waals surface area (Å²) in [6.45, 7) is 9.43. The van der Waals surface area contributed by atoms with Crippen molar-refractivity contribution in [3.05, 3.63) is 71.8 Å². The molecule has 0 saturated carbocycles. The first kappa shape index (κ1) is 20.3. The summed E-state index contributed by atoms with van der Waals surface area (Å²) in [4.78, 5) is 29.3. The monoisotopic (exact) mass is 390 g/mol. The van der Waals surface area contributed by atoms with E-state index >= 15 is 0 Å². The Morgan fingerprint density at radius 2 is 1.66 bits per heavy atom. The first-order valence-electron chi connectivity index (χ1n) is 9.49. The highest BCUT2D eigenvalue weighted by Crippen LogP contribution is 2.23. The van der Waals surface area contributed by atoms with E-state index in [9.17, 15) is 9.59 Å². The molecule has 0 atom stereocenters. The van der Waals surface area contributed by atoms with Gasteiger partial charge in [0.05, 0.1) is 17.4 Å². The molecule has 0 radical (unpaired) electrons. The molecule has 0 unspecified atom stereocenters. The molecule has 2 heterocycles. The van der Waals surface area contributed by atoms with Gasteiger partial charge in [0, 0.05) is 34.4 Å². The Kier molecular flexibility index (Phi) is 5.55. The molecule has 1 aromatic carbocycles. The van der Waals surface area contributed by atoms with E-state index in [-0.39, 0.29) is 11.8 Å². The lowest BCUT2D eigenvalue weighted by molar-refractivity contribution is -0.123. The summed E-state index contributed by atoms with van der Waals surface area (Å²) < 4.78 is 2.00. The van der Waals surface area contributed by atoms with Crippen LogP contribution in [0.15, 0.2) is 54.9 Å². The van der Waals surface area contributed by atoms with Crippen molar-refractivity contribution in [2.45, 2.75) is 34.6 Å². The summed E-state index contributed by atoms with van der Waals surface area (Å²) in [5, 5.41) is 5.80. The van der Waals surface area contributed by atoms with Crippen LogP contribution in [0.5, 0.6) is 0 Å². The average Bonchev–Trinajstić information content (AvgIpc) is 2.96. The Balaban J connectivity index is 1.81. The number of carbonyl (C=O) groups is 2. The highest BCUT2D eigenvalue weighted by atomic mass is 16.2. The highest BCUT2D eigenvalue weighted by molar-refractivity contribution is 6.06. The normalized spacial score (nSPS) is 11.2. The Morgan fingerprint density at radius 1 is 0.966 bits per heavy atom. The molecule has 6 heteroatoms. The maximum Gasteiger partial charge on any atom is 0.257 e. The van der Waals surface area contributed by atoms with Crippen molar-refractivity contribution >= 4 is 23.2 Å². The predicted molar refractivity (Wildman–Crippen MR) is 116 cm³/mol. The topological polar surface area (TPSA) is 76.0 Å². The Bertz CT molecular complexity index is 1050. The molecule has 2 amide bonds. The molecule has 0 saturated heterocycles. The number of amides is 2. The second-order valence-corrected chi connectivity index (χ2v) is 8.07. The van der Waals surface area contributed by atoms with Crippen molar-refractivity contribution in [1.29, 1.82) is 0 Å². The number of rotatable bonds is 4. The summed E-state index contributed by atoms with van der Waals surface area (Å²) in [7, 11) is 0. The minimum Gasteiger partial charge on any atom is -0.326 e. The second-order valence-electron chi connectivity index (χ2n) is 8.07. The lowest BCUT2D eigenvalue weighted by Crippen LogP contribution is -2.27. The van der Waals surface area contributed by atoms with Gasteiger partial charge in [0.2, 0.25) is 5.91 Å². The number of aryl methyl sites for hydroxylation is 1. The SMILES string of the molecule is Cc1cc(C(=O)Nc2cccc(NC(=O)C(C)(C)C)c2)c(C)n1-c1cccnc1. The number of nitrogens with one attached hydrogen (secondary N) is 2. The maximum absolute atomic E-state index is 12.9. The number of carbonyl (C=O) groups excluding carboxylic acids is 2. The largest absolute Gasteiger partial charge is 0.326 e. The van der Waals surface area contributed by atoms with Crippen molar-refractivity contribution in [1.82, 2.24) is 9.55 Å². The third-order valence-corrected chi connectivity index (χ3v) is 4.64. The molecular formula is C23H26N4O2. The third-order valence-electron chi connectivity index (χ3n) is 4.64. The first-order chi connectivity index (χ1) is 13.7. The van der Waals surface area contributed by atoms with Crippen LogP contribution in [-0.4, -0.2) is 21.4 Å². The molecule has 29 heavy (non-hydrogen) atoms. The number of hydrogen-bond acceptors (Lipinski definition) is 3. The van der Waals surface area contributed by atoms with Gasteiger partial charge in [0.25, 0.3) is 5.91 Å². The van der Waals surface area contributed by atoms with Crippen LogP contribution in [0.2, 0.25) is 0 Å². The zero-order valence-corrected chi connectivity index (χ0v) is 17.4. The van der Waals surface area contributed by atoms with E-state index < -0.39 is 5.41 Å². The predicted octanol–water partition coefficient (Wildman–Crippen LogP) is 4.73. The molecule has 0 bridgehead atoms. The summed E-state index contributed by atoms with van der Waals surface area (Å²) >= 11 is 0. The lowest BCUT2D eigenvalue weighted by Gasteiger charge is -2.18. The van der Waals surface area contributed by atoms with Crippen molar-refractivity contribution in [3.8, 4) is 5.69 Å². The fraction of sp³-hybridized carbons (Fsp3) is 0.261. The van der Waals surface area contributed by atoms with Gasteiger partial charge in [0.15, 0.2) is 0 Å². The summed E-state index contributed by atoms with van der Waals surface area (Å²) in [5.41, 5.74) is 4.06. The molecule has 0 aliphatic rings. The Hall–Kier alpha value is -3.41. The van der Waals surface area contributed by atoms with Gasteiger partial charge in [0.1, 0.15) is 0 Å². The maximum atomic E-state index is 12.9. The van der Waals surface area contributed by atoms with Gasteiger partial charge >= 0.3 is 0 Å². The van der Waals surface area contributed by atoms with Crippen LogP contribution in [-0.2, 0) is 4.79 Å². The lowest BCUT2D eigenvalue weighted by atomic mass is 9.95. The van der Waals surface area contributed by atoms with Gasteiger partial charge in [-0.25, -0.2) is 0 Å². The fourth-order valence-electron chi connectivity index (χ4n) is 3.07. The molecule has 0 fully saturated rings. The van der Waals surface area contributed by atoms with Gasteiger partial charge in [-0.15, -0.1) is 0 Å². The average molecular weight is 390 g/mol. The first-order valence-corrected chi connectivity index (χ1v) is 9.49. The summed E-state index contributed by atoms with van der Waals surface area (Å²) in [6.07, 6.45) is 3.49. The number of aromatic nitrogens is 2. The second kappa shape index (κ2) is 7.91. The van der Waals surface area contributed by atoms with Gasteiger partial charge in [-0.1, -0.05) is 26.8 Å². The van der Waals surface area contributed by atoms with E-state index in [1.165, 1.54) is 0 Å². The van der Waals surface area contributed by atoms with Crippen LogP contribution < -0.4 is 10.6 Å². The van der Waals surface area contributed by atoms with E-state index in [1.807, 2.05) is 57.4 Å². The van der Waals surface area contributed by atoms with Crippen LogP contribution in [0.25, 0.3) is 5.69 Å². The number of nitrogens with zero attached hydrogens (tertiary/aromatic N) is 2. The van der Waals surface area contributed by atoms with Crippen LogP contribution in [0, 0.1) is 19.3 Å². The summed E-state index contributed by atoms with van der Waals surface area (Å²) in [6, 6.07) is 12.8. The molecule has 0 aliphatic carbocycles. The third kappa shape index (κ3) is 4.54. The Morgan fingerprint density at radius 3 is 2.28 bits per heavy atom. The Labute approximate surface area is 171 Å². The number of pyridine rings is 1. The minimum absolute atomic E-state index is 0.0824. The highest BCUT2D eigenvalue weighted by Gasteiger charge is 2.21. The van der Waals surface area contributed by atoms with Crippen molar-refractivity contribution in [3.63, 3.8) is 0 Å². The zero-order valence-electron chi connectivity index (χ0n) is 17.4. The fourth-order valence-corrected chi connectivity index (χ4v) is 3.07. The molecule has 0 aliphatic heterocycles. The molecule has 2 aromatic heterocycles. The smallest absolute Gasteiger partial charge is 0.257 e. The number of anilines is 2. The molecule has 2 N–H and O–H groups in total. The number of benzene rings is 1. The van der Waals surface area contributed by atoms with Crippen LogP contribution >= 0.6 is 0 Å². The van der Waals surface area contributed by atoms with E-state index in [2.05, 4.69) is 15.6 Å². The van der Waals surface area contributed by atoms with Crippen LogP contribution in [0.1, 0.15) is 42.5 Å². The standard InChI is InChI=1S/C23H26N4O2/c1-15-12-20(16(2)27(15)19-10-7-11-24-14-19)21(28)25-17-8-6-9-18(13-17)26-22(29)23(3,4)5/h6-14H,1-5H3,(H,25,28)(H,26,29). The van der Waals surface area contributed by atoms with Gasteiger partial charge in [-0.2, -0.15) is 0 Å². The molecular weight excluding hydrogens is 364 g/mol. The van der Waals surface area contributed by atoms with Crippen molar-refractivity contribution in [2.75, 3.05) is 10.6 Å². The van der Waals surface area contributed by atoms with E-state index in [0.717, 1.165) is 17.1 Å². The zero-order chi connectivity index (χ0) is 21.2. The minimum atomic E-state index is -0.497. The molecule has 150 valence electrons. The quantitative estimate of drug-likeness (QED) is 0.676. The number of hydrogen-bond donors (Lipinski definition) is 2. The van der Waals surface area contributed by atoms with Crippen LogP contribution in [0.4, 0.5) is 11.4 Å². The van der Waals surface area contributed by atoms with Gasteiger partial charge in [-0.3, -0.25) is 14.6 Å². The molecule has 3 rings (SSSR count). The van der Waals surface area contributed by atoms with E-state index in [1.54, 1.807) is 36.7 Å². The molecule has 3 aromatic rings. The van der Waals surface area contributed by atoms with Crippen LogP contribution in [0.3, 0.4) is 0 Å². The molecule has 6 nitrogen and oxygen atoms in total. The summed E-state index contributed by atoms with van der Waals surface area (Å²) in [5.74, 6) is -0.284. The molecule has 0 spiro atoms.